The van der Waals surface area contributed by atoms with Crippen molar-refractivity contribution in [1.29, 1.82) is 5.26 Å². The standard InChI is InChI=1S/C42H50ClN7O5/c1-41(2)39(42(3,4)40(41)55-33-11-7-29(24-44)34(43)23-33)46-38(54)28-5-8-30(9-6-28)48-15-13-27(14-16-48)26-47-17-19-49(20-18-47)31-21-37(53)50(45-25-31)35-12-10-32(51)22-36(35)52/h5-9,11,21,23,25,27,35,39-40H,10,12-20,22,26H2,1-4H3,(H,46,54). The summed E-state index contributed by atoms with van der Waals surface area (Å²) in [5, 5.41) is 17.2. The molecular weight excluding hydrogens is 718 g/mol. The number of amides is 1. The normalized spacial score (nSPS) is 24.2. The molecule has 4 fully saturated rings. The van der Waals surface area contributed by atoms with Crippen LogP contribution in [0, 0.1) is 28.1 Å². The Morgan fingerprint density at radius 2 is 1.58 bits per heavy atom. The van der Waals surface area contributed by atoms with E-state index < -0.39 is 6.04 Å². The first-order valence-corrected chi connectivity index (χ1v) is 19.7. The van der Waals surface area contributed by atoms with Gasteiger partial charge < -0.3 is 19.9 Å². The van der Waals surface area contributed by atoms with Gasteiger partial charge in [-0.3, -0.25) is 24.1 Å². The zero-order valence-electron chi connectivity index (χ0n) is 32.1. The predicted octanol–water partition coefficient (Wildman–Crippen LogP) is 5.28. The van der Waals surface area contributed by atoms with Gasteiger partial charge in [-0.2, -0.15) is 10.4 Å². The highest BCUT2D eigenvalue weighted by molar-refractivity contribution is 6.31. The molecule has 12 nitrogen and oxygen atoms in total. The van der Waals surface area contributed by atoms with E-state index in [1.165, 1.54) is 4.68 Å². The number of ether oxygens (including phenoxy) is 1. The van der Waals surface area contributed by atoms with Gasteiger partial charge in [0.15, 0.2) is 5.78 Å². The molecular formula is C42H50ClN7O5. The average molecular weight is 768 g/mol. The lowest BCUT2D eigenvalue weighted by atomic mass is 9.49. The number of hydrogen-bond acceptors (Lipinski definition) is 10. The Balaban J connectivity index is 0.856. The summed E-state index contributed by atoms with van der Waals surface area (Å²) in [5.41, 5.74) is 1.95. The number of carbonyl (C=O) groups excluding carboxylic acids is 3. The molecule has 2 saturated carbocycles. The van der Waals surface area contributed by atoms with Crippen LogP contribution in [-0.4, -0.2) is 90.1 Å². The number of anilines is 2. The van der Waals surface area contributed by atoms with Crippen LogP contribution in [0.5, 0.6) is 5.75 Å². The number of piperazine rings is 1. The minimum atomic E-state index is -0.647. The van der Waals surface area contributed by atoms with Gasteiger partial charge in [-0.15, -0.1) is 0 Å². The van der Waals surface area contributed by atoms with E-state index in [0.717, 1.165) is 70.0 Å². The highest BCUT2D eigenvalue weighted by Crippen LogP contribution is 2.55. The zero-order chi connectivity index (χ0) is 39.1. The lowest BCUT2D eigenvalue weighted by Gasteiger charge is -2.63. The van der Waals surface area contributed by atoms with Crippen molar-refractivity contribution in [1.82, 2.24) is 20.0 Å². The number of halogens is 1. The minimum Gasteiger partial charge on any atom is -0.489 e. The second-order valence-corrected chi connectivity index (χ2v) is 17.2. The highest BCUT2D eigenvalue weighted by atomic mass is 35.5. The van der Waals surface area contributed by atoms with Crippen LogP contribution in [0.4, 0.5) is 11.4 Å². The molecule has 290 valence electrons. The Labute approximate surface area is 327 Å². The van der Waals surface area contributed by atoms with Gasteiger partial charge in [-0.1, -0.05) is 39.3 Å². The van der Waals surface area contributed by atoms with Crippen molar-refractivity contribution in [3.8, 4) is 11.8 Å². The number of ketones is 2. The van der Waals surface area contributed by atoms with E-state index in [9.17, 15) is 24.4 Å². The fraction of sp³-hybridized carbons (Fsp3) is 0.524. The largest absolute Gasteiger partial charge is 0.489 e. The lowest BCUT2D eigenvalue weighted by molar-refractivity contribution is -0.164. The van der Waals surface area contributed by atoms with Crippen molar-refractivity contribution in [2.75, 3.05) is 55.6 Å². The molecule has 2 aliphatic carbocycles. The molecule has 7 rings (SSSR count). The molecule has 1 atom stereocenters. The summed E-state index contributed by atoms with van der Waals surface area (Å²) in [4.78, 5) is 57.4. The van der Waals surface area contributed by atoms with Crippen LogP contribution in [0.25, 0.3) is 0 Å². The third-order valence-corrected chi connectivity index (χ3v) is 12.7. The molecule has 3 aromatic rings. The summed E-state index contributed by atoms with van der Waals surface area (Å²) < 4.78 is 7.62. The van der Waals surface area contributed by atoms with E-state index in [1.807, 2.05) is 24.3 Å². The van der Waals surface area contributed by atoms with Crippen molar-refractivity contribution in [2.24, 2.45) is 16.7 Å². The van der Waals surface area contributed by atoms with Gasteiger partial charge in [0, 0.05) is 92.5 Å². The van der Waals surface area contributed by atoms with E-state index in [0.29, 0.717) is 40.7 Å². The molecule has 2 aliphatic heterocycles. The van der Waals surface area contributed by atoms with E-state index in [-0.39, 0.29) is 52.4 Å². The Kier molecular flexibility index (Phi) is 10.8. The molecule has 2 saturated heterocycles. The molecule has 3 heterocycles. The van der Waals surface area contributed by atoms with Crippen LogP contribution in [0.2, 0.25) is 5.02 Å². The van der Waals surface area contributed by atoms with Crippen LogP contribution in [0.3, 0.4) is 0 Å². The topological polar surface area (TPSA) is 141 Å². The van der Waals surface area contributed by atoms with Crippen molar-refractivity contribution in [2.45, 2.75) is 78.0 Å². The van der Waals surface area contributed by atoms with Gasteiger partial charge >= 0.3 is 0 Å². The number of nitrogens with zero attached hydrogens (tertiary/aromatic N) is 6. The number of aromatic nitrogens is 2. The molecule has 4 aliphatic rings. The number of rotatable bonds is 9. The van der Waals surface area contributed by atoms with E-state index in [2.05, 4.69) is 58.9 Å². The van der Waals surface area contributed by atoms with Crippen LogP contribution in [0.1, 0.15) is 81.8 Å². The first-order valence-electron chi connectivity index (χ1n) is 19.4. The highest BCUT2D eigenvalue weighted by Gasteiger charge is 2.64. The maximum atomic E-state index is 13.5. The number of piperidine rings is 1. The van der Waals surface area contributed by atoms with E-state index in [1.54, 1.807) is 30.5 Å². The number of hydrogen-bond donors (Lipinski definition) is 1. The first kappa shape index (κ1) is 38.5. The van der Waals surface area contributed by atoms with Crippen LogP contribution in [-0.2, 0) is 9.59 Å². The Morgan fingerprint density at radius 1 is 0.909 bits per heavy atom. The van der Waals surface area contributed by atoms with E-state index in [4.69, 9.17) is 16.3 Å². The third kappa shape index (κ3) is 7.87. The summed E-state index contributed by atoms with van der Waals surface area (Å²) in [6.45, 7) is 14.8. The maximum Gasteiger partial charge on any atom is 0.269 e. The summed E-state index contributed by atoms with van der Waals surface area (Å²) in [5.74, 6) is 0.800. The lowest BCUT2D eigenvalue weighted by Crippen LogP contribution is -2.74. The van der Waals surface area contributed by atoms with Gasteiger partial charge in [0.1, 0.15) is 29.7 Å². The number of Topliss-reactive ketones (excluding diaryl/α,β-unsaturated/α-hetero) is 2. The molecule has 13 heteroatoms. The number of nitriles is 1. The predicted molar refractivity (Wildman–Crippen MR) is 211 cm³/mol. The third-order valence-electron chi connectivity index (χ3n) is 12.3. The SMILES string of the molecule is CC1(C)C(NC(=O)c2ccc(N3CCC(CN4CCN(c5cnn(C6CCC(=O)CC6=O)c(=O)c5)CC4)CC3)cc2)C(C)(C)C1Oc1ccc(C#N)c(Cl)c1. The van der Waals surface area contributed by atoms with E-state index >= 15 is 0 Å². The Bertz CT molecular complexity index is 2030. The molecule has 55 heavy (non-hydrogen) atoms. The van der Waals surface area contributed by atoms with Crippen molar-refractivity contribution in [3.63, 3.8) is 0 Å². The molecule has 1 aromatic heterocycles. The average Bonchev–Trinajstić information content (AvgIpc) is 3.17. The summed E-state index contributed by atoms with van der Waals surface area (Å²) >= 11 is 6.25. The van der Waals surface area contributed by atoms with Gasteiger partial charge in [0.2, 0.25) is 0 Å². The van der Waals surface area contributed by atoms with Gasteiger partial charge in [-0.25, -0.2) is 4.68 Å². The summed E-state index contributed by atoms with van der Waals surface area (Å²) in [7, 11) is 0. The number of benzene rings is 2. The number of carbonyl (C=O) groups is 3. The fourth-order valence-corrected chi connectivity index (χ4v) is 9.71. The minimum absolute atomic E-state index is 0.0719. The van der Waals surface area contributed by atoms with Crippen LogP contribution in [0.15, 0.2) is 59.5 Å². The molecule has 0 bridgehead atoms. The van der Waals surface area contributed by atoms with Gasteiger partial charge in [0.25, 0.3) is 11.5 Å². The summed E-state index contributed by atoms with van der Waals surface area (Å²) in [6.07, 6.45) is 4.22. The maximum absolute atomic E-state index is 13.5. The molecule has 2 aromatic carbocycles. The quantitative estimate of drug-likeness (QED) is 0.286. The zero-order valence-corrected chi connectivity index (χ0v) is 32.8. The Morgan fingerprint density at radius 3 is 2.20 bits per heavy atom. The molecule has 0 radical (unpaired) electrons. The van der Waals surface area contributed by atoms with Gasteiger partial charge in [-0.05, 0) is 61.6 Å². The van der Waals surface area contributed by atoms with Crippen molar-refractivity contribution in [3.05, 3.63) is 81.2 Å². The number of nitrogens with one attached hydrogen (secondary N) is 1. The van der Waals surface area contributed by atoms with Crippen LogP contribution < -0.4 is 25.4 Å². The first-order chi connectivity index (χ1) is 26.2. The molecule has 1 amide bonds. The van der Waals surface area contributed by atoms with Gasteiger partial charge in [0.05, 0.1) is 28.9 Å². The second-order valence-electron chi connectivity index (χ2n) is 16.8. The summed E-state index contributed by atoms with van der Waals surface area (Å²) in [6, 6.07) is 15.9. The smallest absolute Gasteiger partial charge is 0.269 e. The van der Waals surface area contributed by atoms with Crippen LogP contribution >= 0.6 is 11.6 Å². The monoisotopic (exact) mass is 767 g/mol. The fourth-order valence-electron chi connectivity index (χ4n) is 9.49. The molecule has 0 spiro atoms. The Hall–Kier alpha value is -4.73. The molecule has 1 unspecified atom stereocenters. The molecule has 1 N–H and O–H groups in total. The van der Waals surface area contributed by atoms with Crippen molar-refractivity contribution >= 4 is 40.4 Å². The van der Waals surface area contributed by atoms with Crippen molar-refractivity contribution < 1.29 is 19.1 Å². The second kappa shape index (κ2) is 15.4.